The summed E-state index contributed by atoms with van der Waals surface area (Å²) in [6.45, 7) is 3.91. The fourth-order valence-corrected chi connectivity index (χ4v) is 9.16. The van der Waals surface area contributed by atoms with Crippen molar-refractivity contribution in [3.8, 4) is 0 Å². The number of esters is 1. The van der Waals surface area contributed by atoms with E-state index in [4.69, 9.17) is 4.74 Å². The van der Waals surface area contributed by atoms with Crippen LogP contribution in [0.2, 0.25) is 0 Å². The van der Waals surface area contributed by atoms with Crippen LogP contribution in [0.5, 0.6) is 0 Å². The second-order valence-corrected chi connectivity index (χ2v) is 13.9. The van der Waals surface area contributed by atoms with Gasteiger partial charge in [-0.1, -0.05) is 49.8 Å². The third-order valence-corrected chi connectivity index (χ3v) is 11.7. The SMILES string of the molecule is C[C@]12CCC(=O)C=C1CC[C@H]1[C@H]2CC[C@@]2(C)[C@H]1CC[C@]2(O)C(=O)COC(=O)CCC(=O)NC[C@H](CC(=O)O)c1ccccc1. The van der Waals surface area contributed by atoms with E-state index in [0.29, 0.717) is 31.1 Å². The summed E-state index contributed by atoms with van der Waals surface area (Å²) in [6.07, 6.45) is 7.33. The minimum Gasteiger partial charge on any atom is -0.481 e. The molecule has 238 valence electrons. The third kappa shape index (κ3) is 6.00. The maximum absolute atomic E-state index is 13.5. The first-order chi connectivity index (χ1) is 20.9. The van der Waals surface area contributed by atoms with Gasteiger partial charge in [-0.2, -0.15) is 0 Å². The number of Topliss-reactive ketones (excluding diaryl/α,β-unsaturated/α-hetero) is 1. The van der Waals surface area contributed by atoms with Gasteiger partial charge in [0, 0.05) is 30.7 Å². The summed E-state index contributed by atoms with van der Waals surface area (Å²) in [6, 6.07) is 9.06. The molecule has 0 heterocycles. The number of benzene rings is 1. The maximum atomic E-state index is 13.5. The molecule has 0 aromatic heterocycles. The van der Waals surface area contributed by atoms with Crippen molar-refractivity contribution in [1.82, 2.24) is 5.32 Å². The molecular weight excluding hydrogens is 562 g/mol. The highest BCUT2D eigenvalue weighted by Crippen LogP contribution is 2.67. The van der Waals surface area contributed by atoms with E-state index in [1.165, 1.54) is 5.57 Å². The predicted octanol–water partition coefficient (Wildman–Crippen LogP) is 4.52. The van der Waals surface area contributed by atoms with Gasteiger partial charge < -0.3 is 20.3 Å². The number of hydrogen-bond donors (Lipinski definition) is 3. The number of hydrogen-bond acceptors (Lipinski definition) is 7. The van der Waals surface area contributed by atoms with E-state index in [2.05, 4.69) is 12.2 Å². The van der Waals surface area contributed by atoms with Crippen LogP contribution in [0.3, 0.4) is 0 Å². The van der Waals surface area contributed by atoms with Gasteiger partial charge >= 0.3 is 11.9 Å². The highest BCUT2D eigenvalue weighted by Gasteiger charge is 2.66. The zero-order chi connectivity index (χ0) is 31.7. The molecule has 5 rings (SSSR count). The molecule has 3 saturated carbocycles. The summed E-state index contributed by atoms with van der Waals surface area (Å²) in [5.41, 5.74) is -0.100. The van der Waals surface area contributed by atoms with E-state index in [-0.39, 0.29) is 42.9 Å². The molecule has 3 N–H and O–H groups in total. The van der Waals surface area contributed by atoms with Crippen molar-refractivity contribution in [2.24, 2.45) is 28.6 Å². The number of nitrogens with one attached hydrogen (secondary N) is 1. The van der Waals surface area contributed by atoms with Crippen LogP contribution in [0.4, 0.5) is 0 Å². The van der Waals surface area contributed by atoms with Crippen LogP contribution < -0.4 is 5.32 Å². The molecular formula is C35H45NO8. The van der Waals surface area contributed by atoms with Gasteiger partial charge in [0.25, 0.3) is 0 Å². The predicted molar refractivity (Wildman–Crippen MR) is 161 cm³/mol. The smallest absolute Gasteiger partial charge is 0.306 e. The lowest BCUT2D eigenvalue weighted by atomic mass is 9.46. The van der Waals surface area contributed by atoms with Gasteiger partial charge in [0.15, 0.2) is 12.4 Å². The molecule has 1 aromatic carbocycles. The van der Waals surface area contributed by atoms with Crippen molar-refractivity contribution in [3.05, 3.63) is 47.5 Å². The standard InChI is InChI=1S/C35H45NO8/c1-33-15-12-25(37)19-24(33)8-9-26-27(33)13-16-34(2)28(26)14-17-35(34,43)29(38)21-44-32(42)11-10-30(39)36-20-23(18-31(40)41)22-6-4-3-5-7-22/h3-7,19,23,26-28,43H,8-18,20-21H2,1-2H3,(H,36,39)(H,40,41)/t23-,26-,27+,28-,33-,34-,35-/m0/s1. The van der Waals surface area contributed by atoms with Crippen molar-refractivity contribution in [2.75, 3.05) is 13.2 Å². The summed E-state index contributed by atoms with van der Waals surface area (Å²) in [7, 11) is 0. The summed E-state index contributed by atoms with van der Waals surface area (Å²) in [4.78, 5) is 61.7. The Kier molecular flexibility index (Phi) is 9.17. The molecule has 44 heavy (non-hydrogen) atoms. The fourth-order valence-electron chi connectivity index (χ4n) is 9.16. The maximum Gasteiger partial charge on any atom is 0.306 e. The Hall–Kier alpha value is -3.33. The number of ketones is 2. The van der Waals surface area contributed by atoms with E-state index in [1.807, 2.05) is 31.2 Å². The van der Waals surface area contributed by atoms with Crippen LogP contribution in [-0.2, 0) is 28.7 Å². The van der Waals surface area contributed by atoms with Crippen LogP contribution in [-0.4, -0.2) is 58.4 Å². The van der Waals surface area contributed by atoms with Gasteiger partial charge in [0.2, 0.25) is 11.7 Å². The molecule has 7 atom stereocenters. The van der Waals surface area contributed by atoms with Crippen molar-refractivity contribution in [2.45, 2.75) is 96.0 Å². The summed E-state index contributed by atoms with van der Waals surface area (Å²) in [5, 5.41) is 23.8. The number of allylic oxidation sites excluding steroid dienone is 1. The molecule has 0 aliphatic heterocycles. The molecule has 9 heteroatoms. The van der Waals surface area contributed by atoms with E-state index in [1.54, 1.807) is 12.1 Å². The second-order valence-electron chi connectivity index (χ2n) is 13.9. The normalized spacial score (nSPS) is 33.2. The number of ether oxygens (including phenoxy) is 1. The molecule has 1 amide bonds. The van der Waals surface area contributed by atoms with Crippen LogP contribution in [0.1, 0.15) is 96.0 Å². The number of carbonyl (C=O) groups is 5. The van der Waals surface area contributed by atoms with Gasteiger partial charge in [-0.15, -0.1) is 0 Å². The number of carboxylic acid groups (broad SMARTS) is 1. The first-order valence-electron chi connectivity index (χ1n) is 16.1. The van der Waals surface area contributed by atoms with Crippen molar-refractivity contribution < 1.29 is 38.9 Å². The van der Waals surface area contributed by atoms with E-state index in [9.17, 15) is 34.2 Å². The lowest BCUT2D eigenvalue weighted by Gasteiger charge is -2.58. The molecule has 0 spiro atoms. The third-order valence-electron chi connectivity index (χ3n) is 11.7. The Morgan fingerprint density at radius 2 is 1.70 bits per heavy atom. The molecule has 9 nitrogen and oxygen atoms in total. The van der Waals surface area contributed by atoms with Gasteiger partial charge in [0.05, 0.1) is 12.8 Å². The number of rotatable bonds is 11. The highest BCUT2D eigenvalue weighted by atomic mass is 16.5. The van der Waals surface area contributed by atoms with Crippen LogP contribution in [0, 0.1) is 28.6 Å². The summed E-state index contributed by atoms with van der Waals surface area (Å²) < 4.78 is 5.26. The molecule has 3 fully saturated rings. The first kappa shape index (κ1) is 32.1. The van der Waals surface area contributed by atoms with Crippen LogP contribution in [0.25, 0.3) is 0 Å². The number of amides is 1. The Bertz CT molecular complexity index is 1340. The molecule has 0 unspecified atom stereocenters. The van der Waals surface area contributed by atoms with E-state index in [0.717, 1.165) is 37.7 Å². The molecule has 0 radical (unpaired) electrons. The lowest BCUT2D eigenvalue weighted by molar-refractivity contribution is -0.170. The number of carbonyl (C=O) groups excluding carboxylic acids is 4. The average molecular weight is 608 g/mol. The zero-order valence-corrected chi connectivity index (χ0v) is 25.8. The second kappa shape index (κ2) is 12.6. The van der Waals surface area contributed by atoms with Crippen molar-refractivity contribution in [1.29, 1.82) is 0 Å². The molecule has 0 bridgehead atoms. The number of carboxylic acids is 1. The number of fused-ring (bicyclic) bond motifs is 5. The van der Waals surface area contributed by atoms with Crippen LogP contribution >= 0.6 is 0 Å². The van der Waals surface area contributed by atoms with E-state index >= 15 is 0 Å². The number of aliphatic carboxylic acids is 1. The highest BCUT2D eigenvalue weighted by molar-refractivity contribution is 5.92. The minimum atomic E-state index is -1.57. The summed E-state index contributed by atoms with van der Waals surface area (Å²) in [5.74, 6) is -1.75. The largest absolute Gasteiger partial charge is 0.481 e. The molecule has 1 aromatic rings. The van der Waals surface area contributed by atoms with Gasteiger partial charge in [0.1, 0.15) is 5.60 Å². The Morgan fingerprint density at radius 1 is 0.977 bits per heavy atom. The number of aliphatic hydroxyl groups is 1. The lowest BCUT2D eigenvalue weighted by Crippen LogP contribution is -2.58. The molecule has 4 aliphatic rings. The van der Waals surface area contributed by atoms with E-state index < -0.39 is 47.2 Å². The zero-order valence-electron chi connectivity index (χ0n) is 25.8. The molecule has 4 aliphatic carbocycles. The monoisotopic (exact) mass is 607 g/mol. The van der Waals surface area contributed by atoms with Crippen LogP contribution in [0.15, 0.2) is 42.0 Å². The minimum absolute atomic E-state index is 0.00338. The Morgan fingerprint density at radius 3 is 2.43 bits per heavy atom. The Labute approximate surface area is 258 Å². The van der Waals surface area contributed by atoms with Crippen molar-refractivity contribution >= 4 is 29.4 Å². The van der Waals surface area contributed by atoms with Gasteiger partial charge in [-0.05, 0) is 79.8 Å². The molecule has 0 saturated heterocycles. The first-order valence-corrected chi connectivity index (χ1v) is 16.1. The quantitative estimate of drug-likeness (QED) is 0.311. The average Bonchev–Trinajstić information content (AvgIpc) is 3.28. The topological polar surface area (TPSA) is 147 Å². The fraction of sp³-hybridized carbons (Fsp3) is 0.629. The van der Waals surface area contributed by atoms with Gasteiger partial charge in [-0.3, -0.25) is 24.0 Å². The van der Waals surface area contributed by atoms with Crippen molar-refractivity contribution in [3.63, 3.8) is 0 Å². The van der Waals surface area contributed by atoms with Gasteiger partial charge in [-0.25, -0.2) is 0 Å². The Balaban J connectivity index is 1.12. The summed E-state index contributed by atoms with van der Waals surface area (Å²) >= 11 is 0.